The highest BCUT2D eigenvalue weighted by Gasteiger charge is 2.33. The van der Waals surface area contributed by atoms with Gasteiger partial charge in [-0.2, -0.15) is 0 Å². The number of nitrogens with zero attached hydrogens (tertiary/aromatic N) is 4. The summed E-state index contributed by atoms with van der Waals surface area (Å²) in [5.74, 6) is 1.66. The van der Waals surface area contributed by atoms with Crippen LogP contribution in [0.15, 0.2) is 77.7 Å². The van der Waals surface area contributed by atoms with Crippen molar-refractivity contribution in [2.75, 3.05) is 51.3 Å². The first-order chi connectivity index (χ1) is 19.9. The summed E-state index contributed by atoms with van der Waals surface area (Å²) < 4.78 is 12.2. The van der Waals surface area contributed by atoms with E-state index in [-0.39, 0.29) is 11.6 Å². The van der Waals surface area contributed by atoms with Crippen LogP contribution in [0.4, 0.5) is 11.4 Å². The summed E-state index contributed by atoms with van der Waals surface area (Å²) in [6.45, 7) is 6.11. The number of nitro groups is 1. The second kappa shape index (κ2) is 13.3. The Balaban J connectivity index is 1.14. The SMILES string of the molecule is CN1CCN(CCCOc2ccc(N3C(=O)/C(=C/c4ccc(Oc5ccc([N+](=O)[O-])cc5)cc4)SC3=S)cc2)CC1. The zero-order chi connectivity index (χ0) is 28.8. The molecule has 0 spiro atoms. The van der Waals surface area contributed by atoms with Gasteiger partial charge in [0.1, 0.15) is 17.2 Å². The quantitative estimate of drug-likeness (QED) is 0.0954. The maximum Gasteiger partial charge on any atom is 0.270 e. The number of ether oxygens (including phenoxy) is 2. The summed E-state index contributed by atoms with van der Waals surface area (Å²) in [5, 5.41) is 10.8. The number of piperazine rings is 1. The smallest absolute Gasteiger partial charge is 0.270 e. The number of hydrogen-bond acceptors (Lipinski definition) is 9. The number of thioether (sulfide) groups is 1. The average molecular weight is 591 g/mol. The first-order valence-electron chi connectivity index (χ1n) is 13.3. The molecule has 0 unspecified atom stereocenters. The van der Waals surface area contributed by atoms with Crippen LogP contribution in [0, 0.1) is 10.1 Å². The van der Waals surface area contributed by atoms with Gasteiger partial charge in [0.05, 0.1) is 22.1 Å². The maximum atomic E-state index is 13.2. The minimum absolute atomic E-state index is 0.00135. The first kappa shape index (κ1) is 28.7. The van der Waals surface area contributed by atoms with Crippen molar-refractivity contribution in [3.63, 3.8) is 0 Å². The lowest BCUT2D eigenvalue weighted by Crippen LogP contribution is -2.44. The Morgan fingerprint density at radius 2 is 1.54 bits per heavy atom. The van der Waals surface area contributed by atoms with Crippen molar-refractivity contribution < 1.29 is 19.2 Å². The molecule has 0 bridgehead atoms. The number of anilines is 1. The topological polar surface area (TPSA) is 88.4 Å². The molecule has 2 aliphatic rings. The zero-order valence-corrected chi connectivity index (χ0v) is 24.2. The molecule has 2 fully saturated rings. The number of nitro benzene ring substituents is 1. The van der Waals surface area contributed by atoms with Crippen LogP contribution in [0.1, 0.15) is 12.0 Å². The normalized spacial score (nSPS) is 17.3. The largest absolute Gasteiger partial charge is 0.494 e. The van der Waals surface area contributed by atoms with Gasteiger partial charge in [0.15, 0.2) is 4.32 Å². The van der Waals surface area contributed by atoms with Crippen molar-refractivity contribution in [1.29, 1.82) is 0 Å². The lowest BCUT2D eigenvalue weighted by atomic mass is 10.2. The number of hydrogen-bond donors (Lipinski definition) is 0. The van der Waals surface area contributed by atoms with Crippen LogP contribution in [-0.2, 0) is 4.79 Å². The van der Waals surface area contributed by atoms with E-state index >= 15 is 0 Å². The summed E-state index contributed by atoms with van der Waals surface area (Å²) in [4.78, 5) is 30.5. The molecule has 3 aromatic rings. The Labute approximate surface area is 248 Å². The third kappa shape index (κ3) is 7.50. The molecule has 3 aromatic carbocycles. The minimum Gasteiger partial charge on any atom is -0.494 e. The molecule has 0 aliphatic carbocycles. The van der Waals surface area contributed by atoms with Gasteiger partial charge in [0, 0.05) is 44.9 Å². The van der Waals surface area contributed by atoms with Crippen LogP contribution in [-0.4, -0.2) is 71.3 Å². The van der Waals surface area contributed by atoms with Crippen molar-refractivity contribution in [2.45, 2.75) is 6.42 Å². The molecule has 5 rings (SSSR count). The summed E-state index contributed by atoms with van der Waals surface area (Å²) in [5.41, 5.74) is 1.52. The number of amides is 1. The summed E-state index contributed by atoms with van der Waals surface area (Å²) in [6.07, 6.45) is 2.77. The molecule has 11 heteroatoms. The van der Waals surface area contributed by atoms with Gasteiger partial charge in [-0.1, -0.05) is 36.1 Å². The summed E-state index contributed by atoms with van der Waals surface area (Å²) in [7, 11) is 2.16. The molecular weight excluding hydrogens is 560 g/mol. The molecule has 41 heavy (non-hydrogen) atoms. The minimum atomic E-state index is -0.456. The zero-order valence-electron chi connectivity index (χ0n) is 22.6. The molecule has 0 aromatic heterocycles. The van der Waals surface area contributed by atoms with E-state index in [2.05, 4.69) is 16.8 Å². The molecule has 0 atom stereocenters. The number of rotatable bonds is 10. The lowest BCUT2D eigenvalue weighted by Gasteiger charge is -2.32. The molecule has 212 valence electrons. The Bertz CT molecular complexity index is 1420. The van der Waals surface area contributed by atoms with Crippen molar-refractivity contribution >= 4 is 51.7 Å². The monoisotopic (exact) mass is 590 g/mol. The molecule has 0 N–H and O–H groups in total. The Kier molecular flexibility index (Phi) is 9.30. The fourth-order valence-corrected chi connectivity index (χ4v) is 5.79. The molecule has 2 heterocycles. The lowest BCUT2D eigenvalue weighted by molar-refractivity contribution is -0.384. The van der Waals surface area contributed by atoms with E-state index < -0.39 is 4.92 Å². The highest BCUT2D eigenvalue weighted by atomic mass is 32.2. The van der Waals surface area contributed by atoms with Gasteiger partial charge in [-0.25, -0.2) is 0 Å². The van der Waals surface area contributed by atoms with Gasteiger partial charge in [-0.15, -0.1) is 0 Å². The molecule has 2 aliphatic heterocycles. The van der Waals surface area contributed by atoms with E-state index in [1.807, 2.05) is 36.4 Å². The van der Waals surface area contributed by atoms with Crippen molar-refractivity contribution in [3.05, 3.63) is 93.4 Å². The Morgan fingerprint density at radius 1 is 0.927 bits per heavy atom. The number of likely N-dealkylation sites (N-methyl/N-ethyl adjacent to an activating group) is 1. The van der Waals surface area contributed by atoms with Gasteiger partial charge in [-0.3, -0.25) is 19.8 Å². The van der Waals surface area contributed by atoms with Crippen LogP contribution in [0.25, 0.3) is 6.08 Å². The van der Waals surface area contributed by atoms with E-state index in [1.165, 1.54) is 28.8 Å². The van der Waals surface area contributed by atoms with Gasteiger partial charge in [0.2, 0.25) is 0 Å². The fraction of sp³-hybridized carbons (Fsp3) is 0.267. The predicted octanol–water partition coefficient (Wildman–Crippen LogP) is 5.81. The van der Waals surface area contributed by atoms with Gasteiger partial charge < -0.3 is 19.3 Å². The van der Waals surface area contributed by atoms with Crippen molar-refractivity contribution in [1.82, 2.24) is 9.80 Å². The number of benzene rings is 3. The molecular formula is C30H30N4O5S2. The number of carbonyl (C=O) groups is 1. The van der Waals surface area contributed by atoms with E-state index in [0.717, 1.165) is 50.5 Å². The third-order valence-electron chi connectivity index (χ3n) is 6.83. The molecule has 1 amide bonds. The van der Waals surface area contributed by atoms with E-state index in [4.69, 9.17) is 21.7 Å². The van der Waals surface area contributed by atoms with Gasteiger partial charge in [0.25, 0.3) is 11.6 Å². The maximum absolute atomic E-state index is 13.2. The van der Waals surface area contributed by atoms with Crippen molar-refractivity contribution in [2.24, 2.45) is 0 Å². The van der Waals surface area contributed by atoms with Crippen LogP contribution in [0.5, 0.6) is 17.2 Å². The van der Waals surface area contributed by atoms with Crippen LogP contribution < -0.4 is 14.4 Å². The van der Waals surface area contributed by atoms with Crippen LogP contribution >= 0.6 is 24.0 Å². The number of non-ortho nitro benzene ring substituents is 1. The highest BCUT2D eigenvalue weighted by Crippen LogP contribution is 2.37. The Hall–Kier alpha value is -3.77. The van der Waals surface area contributed by atoms with E-state index in [9.17, 15) is 14.9 Å². The Morgan fingerprint density at radius 3 is 2.17 bits per heavy atom. The van der Waals surface area contributed by atoms with Crippen LogP contribution in [0.3, 0.4) is 0 Å². The molecule has 9 nitrogen and oxygen atoms in total. The molecule has 0 radical (unpaired) electrons. The van der Waals surface area contributed by atoms with E-state index in [1.54, 1.807) is 30.3 Å². The number of carbonyl (C=O) groups excluding carboxylic acids is 1. The van der Waals surface area contributed by atoms with E-state index in [0.29, 0.717) is 33.0 Å². The fourth-order valence-electron chi connectivity index (χ4n) is 4.49. The molecule has 0 saturated carbocycles. The summed E-state index contributed by atoms with van der Waals surface area (Å²) >= 11 is 6.79. The number of thiocarbonyl (C=S) groups is 1. The second-order valence-corrected chi connectivity index (χ2v) is 11.5. The standard InChI is InChI=1S/C30H30N4O5S2/c1-31-16-18-32(19-17-31)15-2-20-38-25-11-5-23(6-12-25)33-29(35)28(41-30(33)40)21-22-3-9-26(10-4-22)39-27-13-7-24(8-14-27)34(36)37/h3-14,21H,2,15-20H2,1H3/b28-21-. The first-order valence-corrected chi connectivity index (χ1v) is 14.5. The van der Waals surface area contributed by atoms with Crippen molar-refractivity contribution in [3.8, 4) is 17.2 Å². The second-order valence-electron chi connectivity index (χ2n) is 9.78. The predicted molar refractivity (Wildman–Crippen MR) is 166 cm³/mol. The highest BCUT2D eigenvalue weighted by molar-refractivity contribution is 8.27. The van der Waals surface area contributed by atoms with Crippen LogP contribution in [0.2, 0.25) is 0 Å². The molecule has 2 saturated heterocycles. The van der Waals surface area contributed by atoms with Gasteiger partial charge >= 0.3 is 0 Å². The van der Waals surface area contributed by atoms with Gasteiger partial charge in [-0.05, 0) is 73.6 Å². The summed E-state index contributed by atoms with van der Waals surface area (Å²) in [6, 6.07) is 20.6. The third-order valence-corrected chi connectivity index (χ3v) is 8.14. The average Bonchev–Trinajstić information content (AvgIpc) is 3.25.